The van der Waals surface area contributed by atoms with Crippen molar-refractivity contribution in [1.29, 1.82) is 0 Å². The van der Waals surface area contributed by atoms with Gasteiger partial charge in [-0.15, -0.1) is 0 Å². The smallest absolute Gasteiger partial charge is 0.261 e. The number of carbonyl (C=O) groups excluding carboxylic acids is 1. The van der Waals surface area contributed by atoms with Gasteiger partial charge in [-0.3, -0.25) is 4.79 Å². The monoisotopic (exact) mass is 399 g/mol. The van der Waals surface area contributed by atoms with Gasteiger partial charge >= 0.3 is 0 Å². The molecule has 2 aromatic carbocycles. The molecule has 0 aliphatic heterocycles. The van der Waals surface area contributed by atoms with Crippen molar-refractivity contribution in [2.24, 2.45) is 0 Å². The number of rotatable bonds is 9. The topological polar surface area (TPSA) is 56.8 Å². The Labute approximate surface area is 174 Å². The molecule has 0 aliphatic rings. The normalized spacial score (nSPS) is 12.8. The van der Waals surface area contributed by atoms with Gasteiger partial charge in [-0.05, 0) is 88.9 Å². The van der Waals surface area contributed by atoms with Crippen LogP contribution in [0.15, 0.2) is 30.3 Å². The molecule has 5 heteroatoms. The summed E-state index contributed by atoms with van der Waals surface area (Å²) in [6.07, 6.45) is -0.605. The van der Waals surface area contributed by atoms with E-state index in [-0.39, 0.29) is 11.9 Å². The second-order valence-corrected chi connectivity index (χ2v) is 7.27. The number of benzene rings is 2. The molecule has 0 saturated carbocycles. The third kappa shape index (κ3) is 5.89. The first kappa shape index (κ1) is 22.6. The standard InChI is InChI=1S/C24H33NO4/c1-8-27-21-11-10-20(14-23(21)28-9-2)18(6)25-24(26)19(7)29-22-13-15(3)12-16(4)17(22)5/h10-14,18-19H,8-9H2,1-7H3,(H,25,26)/t18-,19-/m1/s1. The molecule has 0 heterocycles. The number of nitrogens with one attached hydrogen (secondary N) is 1. The molecule has 0 unspecified atom stereocenters. The Balaban J connectivity index is 2.09. The van der Waals surface area contributed by atoms with Gasteiger partial charge < -0.3 is 19.5 Å². The molecule has 0 spiro atoms. The molecule has 0 bridgehead atoms. The van der Waals surface area contributed by atoms with Crippen molar-refractivity contribution in [3.05, 3.63) is 52.6 Å². The second-order valence-electron chi connectivity index (χ2n) is 7.27. The summed E-state index contributed by atoms with van der Waals surface area (Å²) in [5.41, 5.74) is 4.26. The number of hydrogen-bond donors (Lipinski definition) is 1. The van der Waals surface area contributed by atoms with Gasteiger partial charge in [0.2, 0.25) is 0 Å². The molecular formula is C24H33NO4. The first-order valence-corrected chi connectivity index (χ1v) is 10.2. The van der Waals surface area contributed by atoms with E-state index in [9.17, 15) is 4.79 Å². The van der Waals surface area contributed by atoms with Crippen molar-refractivity contribution in [3.63, 3.8) is 0 Å². The fraction of sp³-hybridized carbons (Fsp3) is 0.458. The average Bonchev–Trinajstić information content (AvgIpc) is 2.67. The van der Waals surface area contributed by atoms with E-state index in [1.165, 1.54) is 0 Å². The first-order valence-electron chi connectivity index (χ1n) is 10.2. The van der Waals surface area contributed by atoms with Crippen LogP contribution < -0.4 is 19.5 Å². The van der Waals surface area contributed by atoms with Crippen LogP contribution in [0.3, 0.4) is 0 Å². The van der Waals surface area contributed by atoms with Crippen LogP contribution in [0.4, 0.5) is 0 Å². The Morgan fingerprint density at radius 2 is 1.59 bits per heavy atom. The van der Waals surface area contributed by atoms with Crippen LogP contribution in [0.1, 0.15) is 56.0 Å². The van der Waals surface area contributed by atoms with Crippen LogP contribution >= 0.6 is 0 Å². The molecule has 0 radical (unpaired) electrons. The molecule has 2 aromatic rings. The van der Waals surface area contributed by atoms with Crippen molar-refractivity contribution in [2.45, 2.75) is 60.6 Å². The lowest BCUT2D eigenvalue weighted by molar-refractivity contribution is -0.127. The van der Waals surface area contributed by atoms with Gasteiger partial charge in [0.1, 0.15) is 5.75 Å². The molecule has 1 amide bonds. The third-order valence-corrected chi connectivity index (χ3v) is 4.86. The zero-order valence-corrected chi connectivity index (χ0v) is 18.6. The van der Waals surface area contributed by atoms with E-state index < -0.39 is 6.10 Å². The highest BCUT2D eigenvalue weighted by Gasteiger charge is 2.20. The first-order chi connectivity index (χ1) is 13.8. The van der Waals surface area contributed by atoms with E-state index >= 15 is 0 Å². The summed E-state index contributed by atoms with van der Waals surface area (Å²) in [6.45, 7) is 14.8. The van der Waals surface area contributed by atoms with E-state index in [0.717, 1.165) is 28.0 Å². The molecule has 0 saturated heterocycles. The molecule has 0 aliphatic carbocycles. The fourth-order valence-electron chi connectivity index (χ4n) is 3.12. The molecule has 0 fully saturated rings. The Hall–Kier alpha value is -2.69. The Bertz CT molecular complexity index is 847. The summed E-state index contributed by atoms with van der Waals surface area (Å²) in [4.78, 5) is 12.7. The van der Waals surface area contributed by atoms with Gasteiger partial charge in [-0.1, -0.05) is 12.1 Å². The second kappa shape index (κ2) is 10.2. The summed E-state index contributed by atoms with van der Waals surface area (Å²) in [6, 6.07) is 9.62. The average molecular weight is 400 g/mol. The van der Waals surface area contributed by atoms with Crippen LogP contribution in [0, 0.1) is 20.8 Å². The number of ether oxygens (including phenoxy) is 3. The Morgan fingerprint density at radius 1 is 0.931 bits per heavy atom. The lowest BCUT2D eigenvalue weighted by atomic mass is 10.1. The molecule has 0 aromatic heterocycles. The number of aryl methyl sites for hydroxylation is 2. The van der Waals surface area contributed by atoms with Gasteiger partial charge in [0, 0.05) is 0 Å². The van der Waals surface area contributed by atoms with Gasteiger partial charge in [0.05, 0.1) is 19.3 Å². The highest BCUT2D eigenvalue weighted by Crippen LogP contribution is 2.31. The van der Waals surface area contributed by atoms with Crippen LogP contribution in [-0.2, 0) is 4.79 Å². The maximum atomic E-state index is 12.7. The van der Waals surface area contributed by atoms with E-state index in [2.05, 4.69) is 11.4 Å². The van der Waals surface area contributed by atoms with Gasteiger partial charge in [-0.2, -0.15) is 0 Å². The maximum absolute atomic E-state index is 12.7. The third-order valence-electron chi connectivity index (χ3n) is 4.86. The van der Waals surface area contributed by atoms with Crippen LogP contribution in [0.25, 0.3) is 0 Å². The van der Waals surface area contributed by atoms with Crippen molar-refractivity contribution >= 4 is 5.91 Å². The molecule has 5 nitrogen and oxygen atoms in total. The predicted octanol–water partition coefficient (Wildman–Crippen LogP) is 5.05. The minimum Gasteiger partial charge on any atom is -0.490 e. The van der Waals surface area contributed by atoms with Crippen LogP contribution in [-0.4, -0.2) is 25.2 Å². The summed E-state index contributed by atoms with van der Waals surface area (Å²) in [5.74, 6) is 1.97. The molecule has 29 heavy (non-hydrogen) atoms. The molecule has 1 N–H and O–H groups in total. The van der Waals surface area contributed by atoms with E-state index in [0.29, 0.717) is 24.7 Å². The molecule has 2 atom stereocenters. The minimum absolute atomic E-state index is 0.164. The predicted molar refractivity (Wildman–Crippen MR) is 116 cm³/mol. The zero-order valence-electron chi connectivity index (χ0n) is 18.6. The number of amides is 1. The van der Waals surface area contributed by atoms with Crippen molar-refractivity contribution in [1.82, 2.24) is 5.32 Å². The lowest BCUT2D eigenvalue weighted by Crippen LogP contribution is -2.37. The van der Waals surface area contributed by atoms with Crippen molar-refractivity contribution in [3.8, 4) is 17.2 Å². The maximum Gasteiger partial charge on any atom is 0.261 e. The zero-order chi connectivity index (χ0) is 21.6. The van der Waals surface area contributed by atoms with E-state index in [1.54, 1.807) is 6.92 Å². The fourth-order valence-corrected chi connectivity index (χ4v) is 3.12. The summed E-state index contributed by atoms with van der Waals surface area (Å²) < 4.78 is 17.3. The van der Waals surface area contributed by atoms with Gasteiger partial charge in [0.25, 0.3) is 5.91 Å². The molecule has 2 rings (SSSR count). The number of carbonyl (C=O) groups is 1. The van der Waals surface area contributed by atoms with Gasteiger partial charge in [0.15, 0.2) is 17.6 Å². The molecular weight excluding hydrogens is 366 g/mol. The largest absolute Gasteiger partial charge is 0.490 e. The minimum atomic E-state index is -0.605. The number of hydrogen-bond acceptors (Lipinski definition) is 4. The summed E-state index contributed by atoms with van der Waals surface area (Å²) in [5, 5.41) is 3.03. The van der Waals surface area contributed by atoms with Crippen molar-refractivity contribution in [2.75, 3.05) is 13.2 Å². The SMILES string of the molecule is CCOc1ccc([C@@H](C)NC(=O)[C@@H](C)Oc2cc(C)cc(C)c2C)cc1OCC. The Kier molecular flexibility index (Phi) is 7.94. The Morgan fingerprint density at radius 3 is 2.24 bits per heavy atom. The highest BCUT2D eigenvalue weighted by atomic mass is 16.5. The summed E-state index contributed by atoms with van der Waals surface area (Å²) in [7, 11) is 0. The van der Waals surface area contributed by atoms with E-state index in [1.807, 2.05) is 65.8 Å². The van der Waals surface area contributed by atoms with Crippen molar-refractivity contribution < 1.29 is 19.0 Å². The molecule has 158 valence electrons. The van der Waals surface area contributed by atoms with Gasteiger partial charge in [-0.25, -0.2) is 0 Å². The van der Waals surface area contributed by atoms with Crippen LogP contribution in [0.5, 0.6) is 17.2 Å². The van der Waals surface area contributed by atoms with E-state index in [4.69, 9.17) is 14.2 Å². The lowest BCUT2D eigenvalue weighted by Gasteiger charge is -2.21. The van der Waals surface area contributed by atoms with Crippen LogP contribution in [0.2, 0.25) is 0 Å². The highest BCUT2D eigenvalue weighted by molar-refractivity contribution is 5.81. The summed E-state index contributed by atoms with van der Waals surface area (Å²) >= 11 is 0. The quantitative estimate of drug-likeness (QED) is 0.641.